The van der Waals surface area contributed by atoms with Crippen LogP contribution in [0, 0.1) is 5.92 Å². The number of hydrogen-bond acceptors (Lipinski definition) is 6. The second-order valence-corrected chi connectivity index (χ2v) is 12.5. The zero-order valence-corrected chi connectivity index (χ0v) is 22.3. The molecule has 1 atom stereocenters. The predicted octanol–water partition coefficient (Wildman–Crippen LogP) is 3.23. The summed E-state index contributed by atoms with van der Waals surface area (Å²) in [6, 6.07) is 6.27. The van der Waals surface area contributed by atoms with Gasteiger partial charge in [-0.05, 0) is 78.1 Å². The number of ether oxygens (including phenoxy) is 1. The van der Waals surface area contributed by atoms with E-state index in [9.17, 15) is 18.0 Å². The van der Waals surface area contributed by atoms with Crippen molar-refractivity contribution < 1.29 is 22.7 Å². The molecule has 1 unspecified atom stereocenters. The van der Waals surface area contributed by atoms with Crippen LogP contribution < -0.4 is 5.32 Å². The van der Waals surface area contributed by atoms with Gasteiger partial charge in [-0.15, -0.1) is 0 Å². The molecule has 0 saturated carbocycles. The summed E-state index contributed by atoms with van der Waals surface area (Å²) in [6.07, 6.45) is 1.61. The Morgan fingerprint density at radius 1 is 1.24 bits per heavy atom. The maximum atomic E-state index is 12.7. The molecule has 1 fully saturated rings. The Bertz CT molecular complexity index is 956. The number of benzene rings is 1. The van der Waals surface area contributed by atoms with Crippen molar-refractivity contribution in [3.8, 4) is 0 Å². The number of nitrogens with zero attached hydrogens (tertiary/aromatic N) is 3. The Balaban J connectivity index is 1.97. The van der Waals surface area contributed by atoms with Gasteiger partial charge in [0.2, 0.25) is 15.9 Å². The predicted molar refractivity (Wildman–Crippen MR) is 133 cm³/mol. The molecule has 9 nitrogen and oxygen atoms in total. The van der Waals surface area contributed by atoms with Crippen molar-refractivity contribution in [2.75, 3.05) is 45.6 Å². The zero-order chi connectivity index (χ0) is 25.7. The topological polar surface area (TPSA) is 99.3 Å². The van der Waals surface area contributed by atoms with E-state index in [0.717, 1.165) is 23.7 Å². The van der Waals surface area contributed by atoms with E-state index in [-0.39, 0.29) is 35.4 Å². The summed E-state index contributed by atoms with van der Waals surface area (Å²) in [7, 11) is -0.640. The standard InChI is InChI=1S/C24H40N4O5S/c1-18(2)28(23(30)33-24(3,4)5)16-19-10-9-13-27(15-19)17-22(29)25-20-11-8-12-21(14-20)34(31,32)26(6)7/h8,11-12,14,18-19H,9-10,13,15-17H2,1-7H3,(H,25,29). The van der Waals surface area contributed by atoms with E-state index in [4.69, 9.17) is 4.74 Å². The van der Waals surface area contributed by atoms with Crippen molar-refractivity contribution in [3.63, 3.8) is 0 Å². The Kier molecular flexibility index (Phi) is 9.50. The summed E-state index contributed by atoms with van der Waals surface area (Å²) < 4.78 is 31.4. The number of sulfonamides is 1. The van der Waals surface area contributed by atoms with Gasteiger partial charge in [-0.3, -0.25) is 9.69 Å². The van der Waals surface area contributed by atoms with Gasteiger partial charge in [-0.25, -0.2) is 17.5 Å². The highest BCUT2D eigenvalue weighted by Gasteiger charge is 2.29. The summed E-state index contributed by atoms with van der Waals surface area (Å²) in [4.78, 5) is 29.3. The third kappa shape index (κ3) is 8.25. The summed E-state index contributed by atoms with van der Waals surface area (Å²) in [5.41, 5.74) is -0.109. The van der Waals surface area contributed by atoms with Crippen LogP contribution >= 0.6 is 0 Å². The largest absolute Gasteiger partial charge is 0.444 e. The highest BCUT2D eigenvalue weighted by atomic mass is 32.2. The number of likely N-dealkylation sites (tertiary alicyclic amines) is 1. The van der Waals surface area contributed by atoms with Gasteiger partial charge in [-0.2, -0.15) is 0 Å². The normalized spacial score (nSPS) is 17.6. The third-order valence-corrected chi connectivity index (χ3v) is 7.38. The molecule has 1 heterocycles. The maximum Gasteiger partial charge on any atom is 0.410 e. The summed E-state index contributed by atoms with van der Waals surface area (Å²) in [5, 5.41) is 2.81. The number of anilines is 1. The highest BCUT2D eigenvalue weighted by molar-refractivity contribution is 7.89. The van der Waals surface area contributed by atoms with Gasteiger partial charge < -0.3 is 15.0 Å². The van der Waals surface area contributed by atoms with E-state index in [0.29, 0.717) is 18.8 Å². The number of piperidine rings is 1. The molecular weight excluding hydrogens is 456 g/mol. The van der Waals surface area contributed by atoms with Gasteiger partial charge in [0.05, 0.1) is 11.4 Å². The fourth-order valence-corrected chi connectivity index (χ4v) is 4.84. The maximum absolute atomic E-state index is 12.7. The average Bonchev–Trinajstić information content (AvgIpc) is 2.70. The summed E-state index contributed by atoms with van der Waals surface area (Å²) in [5.74, 6) is 0.0398. The van der Waals surface area contributed by atoms with E-state index in [1.807, 2.05) is 34.6 Å². The van der Waals surface area contributed by atoms with Crippen LogP contribution in [0.15, 0.2) is 29.2 Å². The van der Waals surface area contributed by atoms with Crippen LogP contribution in [0.5, 0.6) is 0 Å². The van der Waals surface area contributed by atoms with Gasteiger partial charge in [0, 0.05) is 38.9 Å². The Labute approximate surface area is 204 Å². The lowest BCUT2D eigenvalue weighted by atomic mass is 9.97. The fourth-order valence-electron chi connectivity index (χ4n) is 3.89. The van der Waals surface area contributed by atoms with E-state index in [1.54, 1.807) is 17.0 Å². The van der Waals surface area contributed by atoms with Gasteiger partial charge in [-0.1, -0.05) is 6.07 Å². The van der Waals surface area contributed by atoms with Crippen LogP contribution in [-0.2, 0) is 19.6 Å². The van der Waals surface area contributed by atoms with Crippen molar-refractivity contribution in [1.82, 2.24) is 14.1 Å². The highest BCUT2D eigenvalue weighted by Crippen LogP contribution is 2.21. The number of rotatable bonds is 8. The molecule has 192 valence electrons. The quantitative estimate of drug-likeness (QED) is 0.593. The van der Waals surface area contributed by atoms with Crippen molar-refractivity contribution in [3.05, 3.63) is 24.3 Å². The molecule has 1 N–H and O–H groups in total. The molecule has 1 aromatic carbocycles. The molecule has 0 aromatic heterocycles. The molecule has 1 saturated heterocycles. The van der Waals surface area contributed by atoms with Crippen molar-refractivity contribution in [2.45, 2.75) is 64.0 Å². The minimum Gasteiger partial charge on any atom is -0.444 e. The van der Waals surface area contributed by atoms with Gasteiger partial charge in [0.15, 0.2) is 0 Å². The minimum absolute atomic E-state index is 0.0132. The van der Waals surface area contributed by atoms with Crippen LogP contribution in [0.25, 0.3) is 0 Å². The van der Waals surface area contributed by atoms with Crippen molar-refractivity contribution in [2.24, 2.45) is 5.92 Å². The summed E-state index contributed by atoms with van der Waals surface area (Å²) in [6.45, 7) is 11.8. The van der Waals surface area contributed by atoms with Crippen LogP contribution in [0.3, 0.4) is 0 Å². The van der Waals surface area contributed by atoms with E-state index < -0.39 is 15.6 Å². The van der Waals surface area contributed by atoms with Gasteiger partial charge >= 0.3 is 6.09 Å². The monoisotopic (exact) mass is 496 g/mol. The van der Waals surface area contributed by atoms with Crippen molar-refractivity contribution in [1.29, 1.82) is 0 Å². The molecule has 0 spiro atoms. The third-order valence-electron chi connectivity index (χ3n) is 5.57. The van der Waals surface area contributed by atoms with Gasteiger partial charge in [0.1, 0.15) is 5.60 Å². The van der Waals surface area contributed by atoms with E-state index in [2.05, 4.69) is 10.2 Å². The number of carbonyl (C=O) groups excluding carboxylic acids is 2. The SMILES string of the molecule is CC(C)N(CC1CCCN(CC(=O)Nc2cccc(S(=O)(=O)N(C)C)c2)C1)C(=O)OC(C)(C)C. The second kappa shape index (κ2) is 11.5. The lowest BCUT2D eigenvalue weighted by molar-refractivity contribution is -0.117. The molecule has 1 aliphatic rings. The number of amides is 2. The molecule has 0 radical (unpaired) electrons. The lowest BCUT2D eigenvalue weighted by Crippen LogP contribution is -2.48. The molecule has 1 aromatic rings. The first kappa shape index (κ1) is 28.1. The first-order valence-electron chi connectivity index (χ1n) is 11.7. The number of carbonyl (C=O) groups is 2. The lowest BCUT2D eigenvalue weighted by Gasteiger charge is -2.37. The molecule has 2 amide bonds. The summed E-state index contributed by atoms with van der Waals surface area (Å²) >= 11 is 0. The average molecular weight is 497 g/mol. The zero-order valence-electron chi connectivity index (χ0n) is 21.5. The fraction of sp³-hybridized carbons (Fsp3) is 0.667. The van der Waals surface area contributed by atoms with Crippen LogP contribution in [0.1, 0.15) is 47.5 Å². The Hall–Kier alpha value is -2.17. The number of hydrogen-bond donors (Lipinski definition) is 1. The first-order valence-corrected chi connectivity index (χ1v) is 13.2. The second-order valence-electron chi connectivity index (χ2n) is 10.3. The molecule has 2 rings (SSSR count). The first-order chi connectivity index (χ1) is 15.7. The molecule has 10 heteroatoms. The Morgan fingerprint density at radius 3 is 2.50 bits per heavy atom. The molecule has 1 aliphatic heterocycles. The van der Waals surface area contributed by atoms with Gasteiger partial charge in [0.25, 0.3) is 0 Å². The minimum atomic E-state index is -3.58. The van der Waals surface area contributed by atoms with Crippen LogP contribution in [0.2, 0.25) is 0 Å². The van der Waals surface area contributed by atoms with E-state index >= 15 is 0 Å². The molecule has 34 heavy (non-hydrogen) atoms. The molecular formula is C24H40N4O5S. The molecule has 0 bridgehead atoms. The van der Waals surface area contributed by atoms with Crippen LogP contribution in [0.4, 0.5) is 10.5 Å². The Morgan fingerprint density at radius 2 is 1.91 bits per heavy atom. The number of nitrogens with one attached hydrogen (secondary N) is 1. The van der Waals surface area contributed by atoms with Crippen molar-refractivity contribution >= 4 is 27.7 Å². The van der Waals surface area contributed by atoms with E-state index in [1.165, 1.54) is 26.2 Å². The smallest absolute Gasteiger partial charge is 0.410 e. The molecule has 0 aliphatic carbocycles. The van der Waals surface area contributed by atoms with Crippen LogP contribution in [-0.4, -0.2) is 86.4 Å².